The van der Waals surface area contributed by atoms with Crippen LogP contribution in [-0.4, -0.2) is 47.9 Å². The van der Waals surface area contributed by atoms with Crippen molar-refractivity contribution in [3.05, 3.63) is 89.5 Å². The second-order valence-electron chi connectivity index (χ2n) is 14.8. The maximum absolute atomic E-state index is 13.5. The minimum Gasteiger partial charge on any atom is -0.449 e. The Labute approximate surface area is 283 Å². The van der Waals surface area contributed by atoms with Crippen LogP contribution in [0.15, 0.2) is 67.1 Å². The van der Waals surface area contributed by atoms with Crippen LogP contribution in [-0.2, 0) is 19.5 Å². The summed E-state index contributed by atoms with van der Waals surface area (Å²) in [6, 6.07) is 15.3. The van der Waals surface area contributed by atoms with E-state index < -0.39 is 6.16 Å². The summed E-state index contributed by atoms with van der Waals surface area (Å²) >= 11 is 0. The quantitative estimate of drug-likeness (QED) is 0.179. The summed E-state index contributed by atoms with van der Waals surface area (Å²) in [6.07, 6.45) is 12.9. The number of hydrogen-bond donors (Lipinski definition) is 2. The van der Waals surface area contributed by atoms with Crippen LogP contribution in [0.5, 0.6) is 5.88 Å². The van der Waals surface area contributed by atoms with Crippen molar-refractivity contribution in [1.82, 2.24) is 24.1 Å². The summed E-state index contributed by atoms with van der Waals surface area (Å²) in [6.45, 7) is 4.06. The number of imidazole rings is 1. The van der Waals surface area contributed by atoms with Crippen molar-refractivity contribution < 1.29 is 19.4 Å². The number of nitrogens with zero attached hydrogens (tertiary/aromatic N) is 6. The van der Waals surface area contributed by atoms with E-state index >= 15 is 0 Å². The van der Waals surface area contributed by atoms with Crippen LogP contribution in [0, 0.1) is 30.1 Å². The smallest absolute Gasteiger partial charge is 0.449 e. The lowest BCUT2D eigenvalue weighted by Crippen LogP contribution is -2.48. The summed E-state index contributed by atoms with van der Waals surface area (Å²) in [5.41, 5.74) is 6.06. The molecule has 0 spiro atoms. The number of carbonyl (C=O) groups is 2. The Kier molecular flexibility index (Phi) is 7.00. The number of carboxylic acid groups (broad SMARTS) is 1. The van der Waals surface area contributed by atoms with Gasteiger partial charge in [0.05, 0.1) is 12.4 Å². The van der Waals surface area contributed by atoms with Gasteiger partial charge in [0.25, 0.3) is 5.91 Å². The van der Waals surface area contributed by atoms with E-state index in [4.69, 9.17) is 14.8 Å². The zero-order valence-electron chi connectivity index (χ0n) is 27.5. The lowest BCUT2D eigenvalue weighted by Gasteiger charge is -2.56. The van der Waals surface area contributed by atoms with E-state index in [9.17, 15) is 14.7 Å². The van der Waals surface area contributed by atoms with E-state index in [2.05, 4.69) is 26.8 Å². The lowest BCUT2D eigenvalue weighted by molar-refractivity contribution is -0.0638. The number of anilines is 2. The number of carbonyl (C=O) groups excluding carboxylic acids is 1. The molecule has 4 saturated carbocycles. The number of rotatable bonds is 7. The van der Waals surface area contributed by atoms with Crippen molar-refractivity contribution in [2.75, 3.05) is 16.8 Å². The first-order valence-corrected chi connectivity index (χ1v) is 17.3. The summed E-state index contributed by atoms with van der Waals surface area (Å²) in [7, 11) is 0. The second kappa shape index (κ2) is 11.5. The Morgan fingerprint density at radius 1 is 0.980 bits per heavy atom. The first kappa shape index (κ1) is 29.9. The fourth-order valence-electron chi connectivity index (χ4n) is 9.81. The van der Waals surface area contributed by atoms with Crippen molar-refractivity contribution in [3.63, 3.8) is 0 Å². The normalized spacial score (nSPS) is 23.9. The molecule has 49 heavy (non-hydrogen) atoms. The third-order valence-corrected chi connectivity index (χ3v) is 11.5. The number of fused-ring (bicyclic) bond motifs is 2. The minimum absolute atomic E-state index is 0.0335. The standard InChI is InChI=1S/C38H39N7O4/c1-23-30(19-39-45(23)22-38-16-24-13-25(17-38)15-26(14-24)18-38)29-8-9-34(42-36(29)49-37(47)48)44-12-10-27-5-4-6-28(31(27)20-44)35(46)41-32-21-43-11-3-2-7-33(43)40-32/h2-9,11,19,21,24-26H,10,12-18,20,22H2,1H3,(H,41,46)(H,47,48). The van der Waals surface area contributed by atoms with Gasteiger partial charge in [-0.15, -0.1) is 0 Å². The molecule has 4 fully saturated rings. The summed E-state index contributed by atoms with van der Waals surface area (Å²) < 4.78 is 9.31. The molecule has 4 bridgehead atoms. The van der Waals surface area contributed by atoms with Crippen LogP contribution in [0.3, 0.4) is 0 Å². The lowest BCUT2D eigenvalue weighted by atomic mass is 9.49. The molecule has 1 aliphatic heterocycles. The van der Waals surface area contributed by atoms with Gasteiger partial charge in [0.15, 0.2) is 5.82 Å². The van der Waals surface area contributed by atoms with Gasteiger partial charge in [0, 0.05) is 48.2 Å². The molecule has 0 saturated heterocycles. The van der Waals surface area contributed by atoms with E-state index in [0.717, 1.165) is 52.3 Å². The molecular weight excluding hydrogens is 618 g/mol. The third-order valence-electron chi connectivity index (χ3n) is 11.5. The number of pyridine rings is 2. The molecule has 11 nitrogen and oxygen atoms in total. The number of ether oxygens (including phenoxy) is 1. The molecule has 1 amide bonds. The minimum atomic E-state index is -1.42. The van der Waals surface area contributed by atoms with E-state index in [1.807, 2.05) is 65.3 Å². The third kappa shape index (κ3) is 5.41. The van der Waals surface area contributed by atoms with Crippen molar-refractivity contribution in [3.8, 4) is 17.0 Å². The molecule has 4 aromatic heterocycles. The highest BCUT2D eigenvalue weighted by molar-refractivity contribution is 6.05. The number of aromatic nitrogens is 5. The van der Waals surface area contributed by atoms with E-state index in [0.29, 0.717) is 47.7 Å². The highest BCUT2D eigenvalue weighted by Gasteiger charge is 2.51. The van der Waals surface area contributed by atoms with Gasteiger partial charge in [-0.25, -0.2) is 9.78 Å². The van der Waals surface area contributed by atoms with Gasteiger partial charge in [-0.05, 0) is 116 Å². The highest BCUT2D eigenvalue weighted by atomic mass is 16.7. The topological polar surface area (TPSA) is 127 Å². The fourth-order valence-corrected chi connectivity index (χ4v) is 9.81. The van der Waals surface area contributed by atoms with Crippen molar-refractivity contribution in [1.29, 1.82) is 0 Å². The molecule has 0 radical (unpaired) electrons. The molecule has 2 N–H and O–H groups in total. The SMILES string of the molecule is Cc1c(-c2ccc(N3CCc4cccc(C(=O)Nc5cn6ccccc6n5)c4C3)nc2OC(=O)O)cnn1CC12CC3CC(CC(C3)C1)C2. The van der Waals surface area contributed by atoms with Crippen LogP contribution in [0.25, 0.3) is 16.8 Å². The maximum atomic E-state index is 13.5. The molecule has 250 valence electrons. The van der Waals surface area contributed by atoms with E-state index in [1.165, 1.54) is 38.5 Å². The Bertz CT molecular complexity index is 2050. The highest BCUT2D eigenvalue weighted by Crippen LogP contribution is 2.60. The Morgan fingerprint density at radius 2 is 1.78 bits per heavy atom. The molecule has 1 aromatic carbocycles. The molecule has 11 heteroatoms. The van der Waals surface area contributed by atoms with Crippen LogP contribution in [0.1, 0.15) is 65.7 Å². The van der Waals surface area contributed by atoms with E-state index in [-0.39, 0.29) is 11.8 Å². The fraction of sp³-hybridized carbons (Fsp3) is 0.395. The summed E-state index contributed by atoms with van der Waals surface area (Å²) in [4.78, 5) is 36.8. The van der Waals surface area contributed by atoms with Crippen molar-refractivity contribution in [2.45, 2.75) is 65.0 Å². The predicted molar refractivity (Wildman–Crippen MR) is 184 cm³/mol. The van der Waals surface area contributed by atoms with E-state index in [1.54, 1.807) is 6.20 Å². The summed E-state index contributed by atoms with van der Waals surface area (Å²) in [5.74, 6) is 3.44. The largest absolute Gasteiger partial charge is 0.512 e. The molecule has 5 heterocycles. The zero-order valence-corrected chi connectivity index (χ0v) is 27.5. The summed E-state index contributed by atoms with van der Waals surface area (Å²) in [5, 5.41) is 17.5. The number of hydrogen-bond acceptors (Lipinski definition) is 7. The van der Waals surface area contributed by atoms with Gasteiger partial charge >= 0.3 is 6.16 Å². The number of amides is 1. The van der Waals surface area contributed by atoms with Crippen molar-refractivity contribution >= 4 is 29.3 Å². The monoisotopic (exact) mass is 657 g/mol. The number of benzene rings is 1. The Morgan fingerprint density at radius 3 is 2.53 bits per heavy atom. The average Bonchev–Trinajstić information content (AvgIpc) is 3.65. The predicted octanol–water partition coefficient (Wildman–Crippen LogP) is 6.99. The molecular formula is C38H39N7O4. The molecule has 5 aromatic rings. The van der Waals surface area contributed by atoms with Crippen molar-refractivity contribution in [2.24, 2.45) is 23.2 Å². The Balaban J connectivity index is 0.976. The molecule has 5 aliphatic rings. The molecule has 4 aliphatic carbocycles. The molecule has 0 atom stereocenters. The molecule has 0 unspecified atom stereocenters. The zero-order chi connectivity index (χ0) is 33.3. The second-order valence-corrected chi connectivity index (χ2v) is 14.8. The first-order chi connectivity index (χ1) is 23.8. The van der Waals surface area contributed by atoms with Gasteiger partial charge in [-0.3, -0.25) is 9.48 Å². The Hall–Kier alpha value is -5.19. The van der Waals surface area contributed by atoms with Gasteiger partial charge in [0.1, 0.15) is 11.5 Å². The average molecular weight is 658 g/mol. The van der Waals surface area contributed by atoms with Crippen LogP contribution >= 0.6 is 0 Å². The van der Waals surface area contributed by atoms with Gasteiger partial charge < -0.3 is 24.5 Å². The van der Waals surface area contributed by atoms with Crippen LogP contribution < -0.4 is 15.0 Å². The van der Waals surface area contributed by atoms with Crippen LogP contribution in [0.2, 0.25) is 0 Å². The van der Waals surface area contributed by atoms with Gasteiger partial charge in [-0.1, -0.05) is 18.2 Å². The number of nitrogens with one attached hydrogen (secondary N) is 1. The molecule has 10 rings (SSSR count). The van der Waals surface area contributed by atoms with Gasteiger partial charge in [-0.2, -0.15) is 10.1 Å². The first-order valence-electron chi connectivity index (χ1n) is 17.3. The maximum Gasteiger partial charge on any atom is 0.512 e. The van der Waals surface area contributed by atoms with Crippen LogP contribution in [0.4, 0.5) is 16.4 Å². The van der Waals surface area contributed by atoms with Gasteiger partial charge in [0.2, 0.25) is 5.88 Å².